The number of imidazole rings is 1. The van der Waals surface area contributed by atoms with Crippen LogP contribution in [0.1, 0.15) is 19.8 Å². The van der Waals surface area contributed by atoms with E-state index >= 15 is 0 Å². The lowest BCUT2D eigenvalue weighted by Crippen LogP contribution is -1.95. The number of aromatic nitrogens is 2. The second-order valence-corrected chi connectivity index (χ2v) is 4.91. The average Bonchev–Trinajstić information content (AvgIpc) is 2.38. The SMILES string of the molecule is CCCCSCn1c(Cl)nc(Cl)c1Cl. The van der Waals surface area contributed by atoms with Gasteiger partial charge >= 0.3 is 0 Å². The summed E-state index contributed by atoms with van der Waals surface area (Å²) < 4.78 is 1.70. The van der Waals surface area contributed by atoms with E-state index in [1.165, 1.54) is 12.8 Å². The fourth-order valence-corrected chi connectivity index (χ4v) is 2.77. The van der Waals surface area contributed by atoms with Crippen molar-refractivity contribution in [1.82, 2.24) is 9.55 Å². The summed E-state index contributed by atoms with van der Waals surface area (Å²) in [6, 6.07) is 0. The number of unbranched alkanes of at least 4 members (excludes halogenated alkanes) is 1. The van der Waals surface area contributed by atoms with Gasteiger partial charge in [-0.2, -0.15) is 0 Å². The third kappa shape index (κ3) is 3.23. The summed E-state index contributed by atoms with van der Waals surface area (Å²) in [5.74, 6) is 1.80. The molecule has 1 heterocycles. The molecule has 80 valence electrons. The zero-order chi connectivity index (χ0) is 10.6. The largest absolute Gasteiger partial charge is 0.295 e. The second-order valence-electron chi connectivity index (χ2n) is 2.78. The van der Waals surface area contributed by atoms with E-state index in [4.69, 9.17) is 34.8 Å². The fourth-order valence-electron chi connectivity index (χ4n) is 0.892. The zero-order valence-electron chi connectivity index (χ0n) is 7.76. The topological polar surface area (TPSA) is 17.8 Å². The Morgan fingerprint density at radius 3 is 2.57 bits per heavy atom. The van der Waals surface area contributed by atoms with Crippen LogP contribution in [0.5, 0.6) is 0 Å². The maximum atomic E-state index is 5.90. The van der Waals surface area contributed by atoms with Crippen molar-refractivity contribution >= 4 is 46.6 Å². The summed E-state index contributed by atoms with van der Waals surface area (Å²) in [5, 5.41) is 1.04. The maximum absolute atomic E-state index is 5.90. The van der Waals surface area contributed by atoms with E-state index in [2.05, 4.69) is 11.9 Å². The first-order valence-electron chi connectivity index (χ1n) is 4.31. The molecule has 0 saturated heterocycles. The Morgan fingerprint density at radius 1 is 1.36 bits per heavy atom. The van der Waals surface area contributed by atoms with Gasteiger partial charge in [0.1, 0.15) is 5.15 Å². The van der Waals surface area contributed by atoms with Gasteiger partial charge < -0.3 is 0 Å². The highest BCUT2D eigenvalue weighted by atomic mass is 35.5. The van der Waals surface area contributed by atoms with Crippen LogP contribution >= 0.6 is 46.6 Å². The number of hydrogen-bond acceptors (Lipinski definition) is 2. The highest BCUT2D eigenvalue weighted by Crippen LogP contribution is 2.27. The quantitative estimate of drug-likeness (QED) is 0.743. The first-order chi connectivity index (χ1) is 6.66. The first kappa shape index (κ1) is 12.5. The summed E-state index contributed by atoms with van der Waals surface area (Å²) >= 11 is 19.2. The van der Waals surface area contributed by atoms with Crippen LogP contribution in [0.2, 0.25) is 15.6 Å². The van der Waals surface area contributed by atoms with Gasteiger partial charge in [-0.05, 0) is 23.8 Å². The van der Waals surface area contributed by atoms with Crippen LogP contribution in [0.15, 0.2) is 0 Å². The third-order valence-corrected chi connectivity index (χ3v) is 3.73. The Bertz CT molecular complexity index is 301. The van der Waals surface area contributed by atoms with Gasteiger partial charge in [0.25, 0.3) is 0 Å². The molecule has 0 bridgehead atoms. The number of nitrogens with zero attached hydrogens (tertiary/aromatic N) is 2. The zero-order valence-corrected chi connectivity index (χ0v) is 10.8. The Balaban J connectivity index is 2.49. The molecule has 0 radical (unpaired) electrons. The van der Waals surface area contributed by atoms with Crippen LogP contribution in [0.4, 0.5) is 0 Å². The van der Waals surface area contributed by atoms with Gasteiger partial charge in [-0.1, -0.05) is 36.5 Å². The number of hydrogen-bond donors (Lipinski definition) is 0. The van der Waals surface area contributed by atoms with Crippen molar-refractivity contribution in [2.75, 3.05) is 5.75 Å². The van der Waals surface area contributed by atoms with Gasteiger partial charge in [-0.25, -0.2) is 4.98 Å². The molecule has 0 atom stereocenters. The molecule has 0 N–H and O–H groups in total. The summed E-state index contributed by atoms with van der Waals surface area (Å²) in [6.07, 6.45) is 2.39. The predicted octanol–water partition coefficient (Wildman–Crippen LogP) is 4.33. The van der Waals surface area contributed by atoms with Crippen molar-refractivity contribution < 1.29 is 0 Å². The molecular weight excluding hydrogens is 263 g/mol. The Hall–Kier alpha value is 0.430. The van der Waals surface area contributed by atoms with Crippen molar-refractivity contribution in [2.45, 2.75) is 25.6 Å². The summed E-state index contributed by atoms with van der Waals surface area (Å²) in [7, 11) is 0. The lowest BCUT2D eigenvalue weighted by Gasteiger charge is -2.04. The predicted molar refractivity (Wildman–Crippen MR) is 64.6 cm³/mol. The molecule has 14 heavy (non-hydrogen) atoms. The van der Waals surface area contributed by atoms with Gasteiger partial charge in [-0.15, -0.1) is 11.8 Å². The highest BCUT2D eigenvalue weighted by molar-refractivity contribution is 7.98. The standard InChI is InChI=1S/C8H11Cl3N2S/c1-2-3-4-14-5-13-7(10)6(9)12-8(13)11/h2-5H2,1H3. The first-order valence-corrected chi connectivity index (χ1v) is 6.60. The Morgan fingerprint density at radius 2 is 2.07 bits per heavy atom. The molecule has 0 aliphatic rings. The normalized spacial score (nSPS) is 10.9. The molecule has 0 amide bonds. The molecule has 0 aliphatic heterocycles. The highest BCUT2D eigenvalue weighted by Gasteiger charge is 2.11. The molecule has 1 aromatic rings. The van der Waals surface area contributed by atoms with Crippen molar-refractivity contribution in [3.63, 3.8) is 0 Å². The monoisotopic (exact) mass is 272 g/mol. The van der Waals surface area contributed by atoms with Crippen molar-refractivity contribution in [2.24, 2.45) is 0 Å². The van der Waals surface area contributed by atoms with Gasteiger partial charge in [0.2, 0.25) is 5.28 Å². The smallest absolute Gasteiger partial charge is 0.206 e. The van der Waals surface area contributed by atoms with Crippen LogP contribution in [-0.2, 0) is 5.88 Å². The molecule has 0 unspecified atom stereocenters. The molecule has 0 aliphatic carbocycles. The van der Waals surface area contributed by atoms with Gasteiger partial charge in [0.05, 0.1) is 5.88 Å². The third-order valence-electron chi connectivity index (χ3n) is 1.68. The number of halogens is 3. The summed E-state index contributed by atoms with van der Waals surface area (Å²) in [5.41, 5.74) is 0. The van der Waals surface area contributed by atoms with Crippen molar-refractivity contribution in [1.29, 1.82) is 0 Å². The van der Waals surface area contributed by atoms with Crippen LogP contribution in [-0.4, -0.2) is 15.3 Å². The second kappa shape index (κ2) is 6.11. The van der Waals surface area contributed by atoms with Crippen LogP contribution < -0.4 is 0 Å². The molecule has 0 aromatic carbocycles. The van der Waals surface area contributed by atoms with E-state index in [-0.39, 0.29) is 5.15 Å². The molecule has 0 saturated carbocycles. The summed E-state index contributed by atoms with van der Waals surface area (Å²) in [4.78, 5) is 3.86. The molecule has 1 rings (SSSR count). The molecule has 6 heteroatoms. The van der Waals surface area contributed by atoms with E-state index in [9.17, 15) is 0 Å². The van der Waals surface area contributed by atoms with Gasteiger partial charge in [0.15, 0.2) is 5.15 Å². The number of rotatable bonds is 5. The van der Waals surface area contributed by atoms with Crippen molar-refractivity contribution in [3.8, 4) is 0 Å². The lowest BCUT2D eigenvalue weighted by atomic mass is 10.4. The Labute approximate surface area is 103 Å². The van der Waals surface area contributed by atoms with Crippen LogP contribution in [0, 0.1) is 0 Å². The molecule has 0 fully saturated rings. The Kier molecular flexibility index (Phi) is 5.45. The minimum absolute atomic E-state index is 0.271. The van der Waals surface area contributed by atoms with Crippen molar-refractivity contribution in [3.05, 3.63) is 15.6 Å². The summed E-state index contributed by atoms with van der Waals surface area (Å²) in [6.45, 7) is 2.16. The van der Waals surface area contributed by atoms with E-state index in [1.807, 2.05) is 0 Å². The lowest BCUT2D eigenvalue weighted by molar-refractivity contribution is 0.869. The minimum Gasteiger partial charge on any atom is -0.295 e. The maximum Gasteiger partial charge on any atom is 0.206 e. The van der Waals surface area contributed by atoms with Gasteiger partial charge in [0, 0.05) is 0 Å². The van der Waals surface area contributed by atoms with E-state index < -0.39 is 0 Å². The fraction of sp³-hybridized carbons (Fsp3) is 0.625. The molecule has 1 aromatic heterocycles. The van der Waals surface area contributed by atoms with E-state index in [1.54, 1.807) is 16.3 Å². The molecule has 2 nitrogen and oxygen atoms in total. The average molecular weight is 274 g/mol. The molecular formula is C8H11Cl3N2S. The minimum atomic E-state index is 0.271. The van der Waals surface area contributed by atoms with Gasteiger partial charge in [-0.3, -0.25) is 4.57 Å². The van der Waals surface area contributed by atoms with Crippen LogP contribution in [0.3, 0.4) is 0 Å². The van der Waals surface area contributed by atoms with E-state index in [0.29, 0.717) is 16.3 Å². The van der Waals surface area contributed by atoms with E-state index in [0.717, 1.165) is 5.75 Å². The van der Waals surface area contributed by atoms with Crippen LogP contribution in [0.25, 0.3) is 0 Å². The number of thioether (sulfide) groups is 1. The molecule has 0 spiro atoms.